The summed E-state index contributed by atoms with van der Waals surface area (Å²) in [6, 6.07) is 0. The normalized spacial score (nSPS) is 25.8. The summed E-state index contributed by atoms with van der Waals surface area (Å²) in [5.41, 5.74) is 0.978. The summed E-state index contributed by atoms with van der Waals surface area (Å²) in [6.07, 6.45) is 6.60. The third-order valence-corrected chi connectivity index (χ3v) is 7.49. The smallest absolute Gasteiger partial charge is 0.292 e. The van der Waals surface area contributed by atoms with Crippen molar-refractivity contribution in [3.05, 3.63) is 36.0 Å². The second-order valence-electron chi connectivity index (χ2n) is 7.29. The molecule has 0 aromatic rings. The summed E-state index contributed by atoms with van der Waals surface area (Å²) in [4.78, 5) is 0. The van der Waals surface area contributed by atoms with E-state index in [2.05, 4.69) is 38.6 Å². The zero-order valence-corrected chi connectivity index (χ0v) is 16.1. The Balaban J connectivity index is 2.80. The molecule has 1 unspecified atom stereocenters. The highest BCUT2D eigenvalue weighted by Gasteiger charge is 2.34. The molecule has 1 rings (SSSR count). The number of allylic oxidation sites excluding steroid dienone is 2. The maximum atomic E-state index is 14.0. The molecule has 0 saturated heterocycles. The molecule has 0 aromatic carbocycles. The van der Waals surface area contributed by atoms with Crippen LogP contribution in [0.25, 0.3) is 0 Å². The third-order valence-electron chi connectivity index (χ3n) is 4.32. The summed E-state index contributed by atoms with van der Waals surface area (Å²) >= 11 is 0. The molecule has 0 spiro atoms. The van der Waals surface area contributed by atoms with Crippen LogP contribution in [0.4, 0.5) is 8.78 Å². The molecule has 5 heteroatoms. The van der Waals surface area contributed by atoms with Crippen LogP contribution in [0.3, 0.4) is 0 Å². The Morgan fingerprint density at radius 1 is 1.35 bits per heavy atom. The van der Waals surface area contributed by atoms with E-state index in [0.29, 0.717) is 12.8 Å². The first-order valence-electron chi connectivity index (χ1n) is 8.16. The molecule has 0 bridgehead atoms. The Labute approximate surface area is 141 Å². The predicted molar refractivity (Wildman–Crippen MR) is 94.6 cm³/mol. The van der Waals surface area contributed by atoms with Crippen LogP contribution in [0.1, 0.15) is 40.0 Å². The standard InChI is InChI=1S/C18H30F2O2Si/c1-14-9-7-10-15(18(19,20)13-21-5)11-8-12-16(14)22-23(6)17(2,3)4/h7,9-10,16,23H,1,8,11-13H2,2-6H3/b9-7-,15-10+/t16-,23?/m0/s1. The van der Waals surface area contributed by atoms with Crippen molar-refractivity contribution in [2.75, 3.05) is 13.7 Å². The fraction of sp³-hybridized carbons (Fsp3) is 0.667. The molecule has 0 aromatic heterocycles. The fourth-order valence-electron chi connectivity index (χ4n) is 2.33. The lowest BCUT2D eigenvalue weighted by molar-refractivity contribution is -0.0355. The van der Waals surface area contributed by atoms with Crippen LogP contribution in [0, 0.1) is 0 Å². The minimum Gasteiger partial charge on any atom is -0.413 e. The number of alkyl halides is 2. The average Bonchev–Trinajstić information content (AvgIpc) is 2.50. The van der Waals surface area contributed by atoms with Gasteiger partial charge in [0.1, 0.15) is 6.61 Å². The first-order valence-corrected chi connectivity index (χ1v) is 10.4. The minimum absolute atomic E-state index is 0.0732. The van der Waals surface area contributed by atoms with E-state index >= 15 is 0 Å². The first-order chi connectivity index (χ1) is 10.6. The van der Waals surface area contributed by atoms with E-state index in [1.54, 1.807) is 12.2 Å². The lowest BCUT2D eigenvalue weighted by atomic mass is 10.0. The topological polar surface area (TPSA) is 18.5 Å². The Morgan fingerprint density at radius 2 is 2.00 bits per heavy atom. The van der Waals surface area contributed by atoms with Crippen molar-refractivity contribution >= 4 is 9.04 Å². The lowest BCUT2D eigenvalue weighted by Gasteiger charge is -2.31. The molecule has 0 aliphatic heterocycles. The second-order valence-corrected chi connectivity index (χ2v) is 10.6. The van der Waals surface area contributed by atoms with Gasteiger partial charge in [-0.05, 0) is 36.4 Å². The third kappa shape index (κ3) is 6.32. The lowest BCUT2D eigenvalue weighted by Crippen LogP contribution is -2.31. The van der Waals surface area contributed by atoms with Gasteiger partial charge in [-0.2, -0.15) is 8.78 Å². The van der Waals surface area contributed by atoms with Gasteiger partial charge in [0.25, 0.3) is 5.92 Å². The van der Waals surface area contributed by atoms with Gasteiger partial charge in [0.15, 0.2) is 9.04 Å². The highest BCUT2D eigenvalue weighted by Crippen LogP contribution is 2.33. The number of halogens is 2. The van der Waals surface area contributed by atoms with Crippen LogP contribution in [0.15, 0.2) is 36.0 Å². The number of rotatable bonds is 5. The van der Waals surface area contributed by atoms with Gasteiger partial charge in [-0.1, -0.05) is 45.6 Å². The molecule has 2 atom stereocenters. The van der Waals surface area contributed by atoms with E-state index in [9.17, 15) is 8.78 Å². The van der Waals surface area contributed by atoms with E-state index in [1.165, 1.54) is 13.2 Å². The molecule has 0 amide bonds. The SMILES string of the molecule is C=C1/C=C\C=C(\C(F)(F)COC)CCC[C@@H]1O[SiH](C)C(C)(C)C. The predicted octanol–water partition coefficient (Wildman–Crippen LogP) is 5.03. The summed E-state index contributed by atoms with van der Waals surface area (Å²) in [5, 5.41) is 0.164. The van der Waals surface area contributed by atoms with Gasteiger partial charge in [-0.25, -0.2) is 0 Å². The zero-order valence-electron chi connectivity index (χ0n) is 15.0. The molecule has 1 aliphatic rings. The molecule has 0 fully saturated rings. The number of methoxy groups -OCH3 is 1. The molecule has 132 valence electrons. The Kier molecular flexibility index (Phi) is 7.36. The van der Waals surface area contributed by atoms with Crippen LogP contribution in [0.5, 0.6) is 0 Å². The van der Waals surface area contributed by atoms with Gasteiger partial charge in [0, 0.05) is 12.7 Å². The average molecular weight is 345 g/mol. The maximum absolute atomic E-state index is 14.0. The maximum Gasteiger partial charge on any atom is 0.292 e. The van der Waals surface area contributed by atoms with Crippen molar-refractivity contribution in [1.29, 1.82) is 0 Å². The van der Waals surface area contributed by atoms with Crippen LogP contribution in [0.2, 0.25) is 11.6 Å². The van der Waals surface area contributed by atoms with Crippen molar-refractivity contribution in [3.63, 3.8) is 0 Å². The molecular formula is C18H30F2O2Si. The van der Waals surface area contributed by atoms with Crippen LogP contribution in [-0.2, 0) is 9.16 Å². The summed E-state index contributed by atoms with van der Waals surface area (Å²) in [6.45, 7) is 12.2. The molecule has 0 N–H and O–H groups in total. The Morgan fingerprint density at radius 3 is 2.57 bits per heavy atom. The minimum atomic E-state index is -2.92. The van der Waals surface area contributed by atoms with E-state index in [1.807, 2.05) is 0 Å². The van der Waals surface area contributed by atoms with Crippen LogP contribution >= 0.6 is 0 Å². The summed E-state index contributed by atoms with van der Waals surface area (Å²) in [5.74, 6) is -2.92. The molecule has 0 saturated carbocycles. The second kappa shape index (κ2) is 8.35. The van der Waals surface area contributed by atoms with Crippen LogP contribution < -0.4 is 0 Å². The van der Waals surface area contributed by atoms with E-state index < -0.39 is 21.6 Å². The summed E-state index contributed by atoms with van der Waals surface area (Å²) in [7, 11) is -0.0966. The molecule has 23 heavy (non-hydrogen) atoms. The first kappa shape index (κ1) is 20.3. The molecule has 2 nitrogen and oxygen atoms in total. The Bertz CT molecular complexity index is 464. The van der Waals surface area contributed by atoms with Crippen molar-refractivity contribution < 1.29 is 17.9 Å². The summed E-state index contributed by atoms with van der Waals surface area (Å²) < 4.78 is 39.0. The van der Waals surface area contributed by atoms with Gasteiger partial charge in [-0.15, -0.1) is 0 Å². The molecular weight excluding hydrogens is 314 g/mol. The number of hydrogen-bond donors (Lipinski definition) is 0. The van der Waals surface area contributed by atoms with E-state index in [0.717, 1.165) is 12.0 Å². The highest BCUT2D eigenvalue weighted by atomic mass is 28.3. The highest BCUT2D eigenvalue weighted by molar-refractivity contribution is 6.53. The van der Waals surface area contributed by atoms with Crippen molar-refractivity contribution in [2.24, 2.45) is 0 Å². The number of hydrogen-bond acceptors (Lipinski definition) is 2. The monoisotopic (exact) mass is 344 g/mol. The van der Waals surface area contributed by atoms with Gasteiger partial charge >= 0.3 is 0 Å². The zero-order chi connectivity index (χ0) is 17.7. The van der Waals surface area contributed by atoms with Gasteiger partial charge in [0.05, 0.1) is 6.10 Å². The quantitative estimate of drug-likeness (QED) is 0.651. The van der Waals surface area contributed by atoms with Crippen molar-refractivity contribution in [1.82, 2.24) is 0 Å². The number of ether oxygens (including phenoxy) is 1. The van der Waals surface area contributed by atoms with Gasteiger partial charge in [-0.3, -0.25) is 0 Å². The van der Waals surface area contributed by atoms with Crippen LogP contribution in [-0.4, -0.2) is 34.8 Å². The Hall–Kier alpha value is -0.783. The molecule has 0 heterocycles. The van der Waals surface area contributed by atoms with E-state index in [-0.39, 0.29) is 16.7 Å². The molecule has 1 aliphatic carbocycles. The largest absolute Gasteiger partial charge is 0.413 e. The van der Waals surface area contributed by atoms with E-state index in [4.69, 9.17) is 4.43 Å². The fourth-order valence-corrected chi connectivity index (χ4v) is 3.54. The van der Waals surface area contributed by atoms with Gasteiger partial charge < -0.3 is 9.16 Å². The van der Waals surface area contributed by atoms with Crippen molar-refractivity contribution in [3.8, 4) is 0 Å². The van der Waals surface area contributed by atoms with Crippen molar-refractivity contribution in [2.45, 2.75) is 63.6 Å². The van der Waals surface area contributed by atoms with Gasteiger partial charge in [0.2, 0.25) is 0 Å². The molecule has 0 radical (unpaired) electrons.